The average Bonchev–Trinajstić information content (AvgIpc) is 2.76. The van der Waals surface area contributed by atoms with Crippen molar-refractivity contribution in [2.24, 2.45) is 0 Å². The van der Waals surface area contributed by atoms with Gasteiger partial charge in [-0.25, -0.2) is 0 Å². The predicted molar refractivity (Wildman–Crippen MR) is 120 cm³/mol. The number of nitriles is 1. The van der Waals surface area contributed by atoms with E-state index in [1.165, 1.54) is 31.4 Å². The van der Waals surface area contributed by atoms with Crippen LogP contribution in [0.15, 0.2) is 60.7 Å². The molecule has 0 heterocycles. The highest BCUT2D eigenvalue weighted by atomic mass is 35.5. The summed E-state index contributed by atoms with van der Waals surface area (Å²) in [4.78, 5) is 10.3. The highest BCUT2D eigenvalue weighted by molar-refractivity contribution is 6.32. The second-order valence-corrected chi connectivity index (χ2v) is 7.19. The van der Waals surface area contributed by atoms with E-state index in [2.05, 4.69) is 6.07 Å². The Morgan fingerprint density at radius 2 is 1.94 bits per heavy atom. The third-order valence-electron chi connectivity index (χ3n) is 4.54. The van der Waals surface area contributed by atoms with Gasteiger partial charge in [0.2, 0.25) is 0 Å². The van der Waals surface area contributed by atoms with Crippen LogP contribution in [0.3, 0.4) is 0 Å². The third-order valence-corrected chi connectivity index (χ3v) is 4.82. The fourth-order valence-corrected chi connectivity index (χ4v) is 3.30. The summed E-state index contributed by atoms with van der Waals surface area (Å²) in [5.74, 6) is 0.851. The van der Waals surface area contributed by atoms with Gasteiger partial charge in [-0.1, -0.05) is 41.4 Å². The van der Waals surface area contributed by atoms with Crippen molar-refractivity contribution in [3.63, 3.8) is 0 Å². The molecule has 156 valence electrons. The zero-order valence-electron chi connectivity index (χ0n) is 17.0. The molecule has 0 N–H and O–H groups in total. The first-order chi connectivity index (χ1) is 14.9. The average molecular weight is 435 g/mol. The Kier molecular flexibility index (Phi) is 6.91. The van der Waals surface area contributed by atoms with Gasteiger partial charge in [-0.2, -0.15) is 5.26 Å². The molecule has 3 rings (SSSR count). The number of nitro groups is 1. The van der Waals surface area contributed by atoms with Gasteiger partial charge in [0.25, 0.3) is 5.69 Å². The maximum absolute atomic E-state index is 10.8. The standard InChI is InChI=1S/C24H19ClN2O4/c1-16-4-3-5-17(10-16)15-31-24-22(25)12-18(13-23(24)30-2)11-20(14-26)19-6-8-21(9-7-19)27(28)29/h3-13H,15H2,1-2H3/b20-11-. The van der Waals surface area contributed by atoms with E-state index in [1.54, 1.807) is 18.2 Å². The Hall–Kier alpha value is -3.82. The lowest BCUT2D eigenvalue weighted by Gasteiger charge is -2.14. The normalized spacial score (nSPS) is 11.0. The summed E-state index contributed by atoms with van der Waals surface area (Å²) in [7, 11) is 1.51. The number of halogens is 1. The number of nitrogens with zero attached hydrogens (tertiary/aromatic N) is 2. The molecular weight excluding hydrogens is 416 g/mol. The number of rotatable bonds is 7. The molecule has 31 heavy (non-hydrogen) atoms. The predicted octanol–water partition coefficient (Wildman–Crippen LogP) is 6.21. The van der Waals surface area contributed by atoms with Crippen molar-refractivity contribution < 1.29 is 14.4 Å². The number of methoxy groups -OCH3 is 1. The first-order valence-corrected chi connectivity index (χ1v) is 9.71. The summed E-state index contributed by atoms with van der Waals surface area (Å²) in [6.07, 6.45) is 1.64. The molecule has 0 amide bonds. The molecule has 6 nitrogen and oxygen atoms in total. The van der Waals surface area contributed by atoms with Crippen molar-refractivity contribution in [1.29, 1.82) is 5.26 Å². The van der Waals surface area contributed by atoms with Gasteiger partial charge in [0.05, 0.1) is 28.7 Å². The molecular formula is C24H19ClN2O4. The van der Waals surface area contributed by atoms with Crippen LogP contribution in [0.2, 0.25) is 5.02 Å². The van der Waals surface area contributed by atoms with Crippen LogP contribution in [0.5, 0.6) is 11.5 Å². The second kappa shape index (κ2) is 9.79. The molecule has 0 saturated heterocycles. The second-order valence-electron chi connectivity index (χ2n) is 6.79. The van der Waals surface area contributed by atoms with Crippen LogP contribution in [0.1, 0.15) is 22.3 Å². The Bertz CT molecular complexity index is 1180. The van der Waals surface area contributed by atoms with Crippen molar-refractivity contribution >= 4 is 28.9 Å². The number of hydrogen-bond donors (Lipinski definition) is 0. The summed E-state index contributed by atoms with van der Waals surface area (Å²) in [5, 5.41) is 20.7. The van der Waals surface area contributed by atoms with Crippen molar-refractivity contribution in [3.05, 3.63) is 98.1 Å². The number of nitro benzene ring substituents is 1. The molecule has 0 fully saturated rings. The molecule has 0 aliphatic carbocycles. The lowest BCUT2D eigenvalue weighted by atomic mass is 10.0. The number of benzene rings is 3. The van der Waals surface area contributed by atoms with E-state index in [0.717, 1.165) is 11.1 Å². The van der Waals surface area contributed by atoms with Crippen molar-refractivity contribution in [3.8, 4) is 17.6 Å². The maximum atomic E-state index is 10.8. The van der Waals surface area contributed by atoms with E-state index >= 15 is 0 Å². The Morgan fingerprint density at radius 3 is 2.55 bits per heavy atom. The zero-order chi connectivity index (χ0) is 22.4. The van der Waals surface area contributed by atoms with Crippen LogP contribution < -0.4 is 9.47 Å². The molecule has 0 spiro atoms. The van der Waals surface area contributed by atoms with E-state index in [0.29, 0.717) is 39.8 Å². The lowest BCUT2D eigenvalue weighted by Crippen LogP contribution is -1.99. The fourth-order valence-electron chi connectivity index (χ4n) is 3.03. The Morgan fingerprint density at radius 1 is 1.19 bits per heavy atom. The topological polar surface area (TPSA) is 85.4 Å². The molecule has 0 aliphatic rings. The van der Waals surface area contributed by atoms with Crippen molar-refractivity contribution in [2.45, 2.75) is 13.5 Å². The quantitative estimate of drug-likeness (QED) is 0.191. The number of ether oxygens (including phenoxy) is 2. The van der Waals surface area contributed by atoms with Gasteiger partial charge < -0.3 is 9.47 Å². The van der Waals surface area contributed by atoms with Gasteiger partial charge in [0, 0.05) is 12.1 Å². The summed E-state index contributed by atoms with van der Waals surface area (Å²) in [6.45, 7) is 2.34. The molecule has 0 saturated carbocycles. The molecule has 3 aromatic carbocycles. The summed E-state index contributed by atoms with van der Waals surface area (Å²) in [5.41, 5.74) is 3.63. The molecule has 0 atom stereocenters. The van der Waals surface area contributed by atoms with E-state index in [4.69, 9.17) is 21.1 Å². The SMILES string of the molecule is COc1cc(/C=C(/C#N)c2ccc([N+](=O)[O-])cc2)cc(Cl)c1OCc1cccc(C)c1. The minimum absolute atomic E-state index is 0.0409. The highest BCUT2D eigenvalue weighted by Crippen LogP contribution is 2.38. The van der Waals surface area contributed by atoms with E-state index in [1.807, 2.05) is 31.2 Å². The van der Waals surface area contributed by atoms with Crippen LogP contribution >= 0.6 is 11.6 Å². The minimum Gasteiger partial charge on any atom is -0.493 e. The molecule has 3 aromatic rings. The van der Waals surface area contributed by atoms with E-state index in [9.17, 15) is 15.4 Å². The smallest absolute Gasteiger partial charge is 0.269 e. The molecule has 0 bridgehead atoms. The van der Waals surface area contributed by atoms with Gasteiger partial charge in [0.1, 0.15) is 6.61 Å². The number of aryl methyl sites for hydroxylation is 1. The zero-order valence-corrected chi connectivity index (χ0v) is 17.7. The fraction of sp³-hybridized carbons (Fsp3) is 0.125. The molecule has 0 aromatic heterocycles. The third kappa shape index (κ3) is 5.41. The summed E-state index contributed by atoms with van der Waals surface area (Å²) >= 11 is 6.45. The molecule has 0 aliphatic heterocycles. The first kappa shape index (κ1) is 21.9. The largest absolute Gasteiger partial charge is 0.493 e. The molecule has 0 unspecified atom stereocenters. The van der Waals surface area contributed by atoms with Crippen molar-refractivity contribution in [2.75, 3.05) is 7.11 Å². The van der Waals surface area contributed by atoms with Crippen LogP contribution in [0, 0.1) is 28.4 Å². The summed E-state index contributed by atoms with van der Waals surface area (Å²) in [6, 6.07) is 19.3. The Balaban J connectivity index is 1.88. The maximum Gasteiger partial charge on any atom is 0.269 e. The van der Waals surface area contributed by atoms with E-state index < -0.39 is 4.92 Å². The molecule has 7 heteroatoms. The highest BCUT2D eigenvalue weighted by Gasteiger charge is 2.13. The van der Waals surface area contributed by atoms with Crippen LogP contribution in [-0.2, 0) is 6.61 Å². The lowest BCUT2D eigenvalue weighted by molar-refractivity contribution is -0.384. The van der Waals surface area contributed by atoms with Crippen LogP contribution in [0.25, 0.3) is 11.6 Å². The van der Waals surface area contributed by atoms with Crippen molar-refractivity contribution in [1.82, 2.24) is 0 Å². The van der Waals surface area contributed by atoms with Crippen LogP contribution in [0.4, 0.5) is 5.69 Å². The number of hydrogen-bond acceptors (Lipinski definition) is 5. The van der Waals surface area contributed by atoms with Crippen LogP contribution in [-0.4, -0.2) is 12.0 Å². The Labute approximate surface area is 185 Å². The van der Waals surface area contributed by atoms with Gasteiger partial charge in [-0.3, -0.25) is 10.1 Å². The van der Waals surface area contributed by atoms with Gasteiger partial charge >= 0.3 is 0 Å². The van der Waals surface area contributed by atoms with Gasteiger partial charge in [-0.15, -0.1) is 0 Å². The first-order valence-electron chi connectivity index (χ1n) is 9.33. The summed E-state index contributed by atoms with van der Waals surface area (Å²) < 4.78 is 11.3. The van der Waals surface area contributed by atoms with Gasteiger partial charge in [-0.05, 0) is 54.0 Å². The van der Waals surface area contributed by atoms with Gasteiger partial charge in [0.15, 0.2) is 11.5 Å². The monoisotopic (exact) mass is 434 g/mol. The number of non-ortho nitro benzene ring substituents is 1. The molecule has 0 radical (unpaired) electrons. The number of allylic oxidation sites excluding steroid dienone is 1. The minimum atomic E-state index is -0.486. The van der Waals surface area contributed by atoms with E-state index in [-0.39, 0.29) is 5.69 Å².